The van der Waals surface area contributed by atoms with Gasteiger partial charge < -0.3 is 19.3 Å². The molecule has 7 heteroatoms. The second-order valence-corrected chi connectivity index (χ2v) is 6.91. The lowest BCUT2D eigenvalue weighted by Crippen LogP contribution is -2.40. The first-order valence-corrected chi connectivity index (χ1v) is 9.24. The van der Waals surface area contributed by atoms with Crippen LogP contribution in [0.25, 0.3) is 11.4 Å². The monoisotopic (exact) mass is 383 g/mol. The van der Waals surface area contributed by atoms with E-state index in [9.17, 15) is 4.39 Å². The second-order valence-electron chi connectivity index (χ2n) is 6.91. The lowest BCUT2D eigenvalue weighted by molar-refractivity contribution is 0.0541. The number of benzene rings is 2. The Morgan fingerprint density at radius 1 is 1.14 bits per heavy atom. The minimum atomic E-state index is -0.237. The Bertz CT molecular complexity index is 921. The van der Waals surface area contributed by atoms with E-state index in [4.69, 9.17) is 14.0 Å². The topological polar surface area (TPSA) is 69.4 Å². The highest BCUT2D eigenvalue weighted by Gasteiger charge is 2.35. The van der Waals surface area contributed by atoms with E-state index < -0.39 is 0 Å². The Kier molecular flexibility index (Phi) is 5.25. The standard InChI is InChI=1S/C21H22FN3O3/c1-26-18-4-2-3-15(13-18)19-24-20(28-25-19)23-14-21(9-11-27-12-10-21)16-5-7-17(22)8-6-16/h2-8,13H,9-12,14H2,1H3,(H,23,24,25). The van der Waals surface area contributed by atoms with Crippen molar-refractivity contribution in [1.82, 2.24) is 10.1 Å². The predicted molar refractivity (Wildman–Crippen MR) is 103 cm³/mol. The van der Waals surface area contributed by atoms with Crippen LogP contribution in [0, 0.1) is 5.82 Å². The molecule has 1 fully saturated rings. The number of aromatic nitrogens is 2. The van der Waals surface area contributed by atoms with Crippen LogP contribution in [0.2, 0.25) is 0 Å². The maximum Gasteiger partial charge on any atom is 0.321 e. The van der Waals surface area contributed by atoms with E-state index in [1.165, 1.54) is 12.1 Å². The summed E-state index contributed by atoms with van der Waals surface area (Å²) in [6.45, 7) is 1.93. The van der Waals surface area contributed by atoms with Gasteiger partial charge in [-0.25, -0.2) is 4.39 Å². The number of hydrogen-bond acceptors (Lipinski definition) is 6. The molecule has 0 spiro atoms. The van der Waals surface area contributed by atoms with Gasteiger partial charge in [-0.05, 0) is 42.7 Å². The van der Waals surface area contributed by atoms with Crippen molar-refractivity contribution in [2.75, 3.05) is 32.2 Å². The molecule has 1 saturated heterocycles. The maximum absolute atomic E-state index is 13.4. The first kappa shape index (κ1) is 18.4. The third-order valence-corrected chi connectivity index (χ3v) is 5.24. The second kappa shape index (κ2) is 7.98. The van der Waals surface area contributed by atoms with E-state index in [0.717, 1.165) is 29.7 Å². The zero-order chi connectivity index (χ0) is 19.4. The smallest absolute Gasteiger partial charge is 0.321 e. The number of halogens is 1. The largest absolute Gasteiger partial charge is 0.497 e. The summed E-state index contributed by atoms with van der Waals surface area (Å²) >= 11 is 0. The van der Waals surface area contributed by atoms with Gasteiger partial charge in [-0.15, -0.1) is 0 Å². The van der Waals surface area contributed by atoms with Gasteiger partial charge in [0.25, 0.3) is 0 Å². The number of methoxy groups -OCH3 is 1. The predicted octanol–water partition coefficient (Wildman–Crippen LogP) is 4.04. The molecule has 2 aromatic carbocycles. The van der Waals surface area contributed by atoms with Gasteiger partial charge >= 0.3 is 6.01 Å². The van der Waals surface area contributed by atoms with Gasteiger partial charge in [0.1, 0.15) is 11.6 Å². The van der Waals surface area contributed by atoms with Crippen LogP contribution in [-0.4, -0.2) is 37.0 Å². The number of nitrogens with zero attached hydrogens (tertiary/aromatic N) is 2. The first-order valence-electron chi connectivity index (χ1n) is 9.24. The van der Waals surface area contributed by atoms with Crippen molar-refractivity contribution in [1.29, 1.82) is 0 Å². The lowest BCUT2D eigenvalue weighted by atomic mass is 9.74. The molecule has 2 heterocycles. The van der Waals surface area contributed by atoms with Crippen LogP contribution in [-0.2, 0) is 10.2 Å². The fourth-order valence-electron chi connectivity index (χ4n) is 3.55. The molecule has 1 aliphatic rings. The number of anilines is 1. The van der Waals surface area contributed by atoms with Gasteiger partial charge in [0.15, 0.2) is 0 Å². The zero-order valence-electron chi connectivity index (χ0n) is 15.7. The van der Waals surface area contributed by atoms with Crippen LogP contribution >= 0.6 is 0 Å². The van der Waals surface area contributed by atoms with Crippen molar-refractivity contribution < 1.29 is 18.4 Å². The number of ether oxygens (including phenoxy) is 2. The van der Waals surface area contributed by atoms with E-state index in [0.29, 0.717) is 31.6 Å². The van der Waals surface area contributed by atoms with E-state index in [-0.39, 0.29) is 11.2 Å². The molecule has 1 aliphatic heterocycles. The molecule has 146 valence electrons. The Balaban J connectivity index is 1.52. The van der Waals surface area contributed by atoms with Crippen LogP contribution in [0.3, 0.4) is 0 Å². The van der Waals surface area contributed by atoms with Crippen molar-refractivity contribution in [3.8, 4) is 17.1 Å². The van der Waals surface area contributed by atoms with Crippen molar-refractivity contribution >= 4 is 6.01 Å². The van der Waals surface area contributed by atoms with Gasteiger partial charge in [-0.3, -0.25) is 0 Å². The summed E-state index contributed by atoms with van der Waals surface area (Å²) < 4.78 is 29.5. The summed E-state index contributed by atoms with van der Waals surface area (Å²) in [5, 5.41) is 7.32. The summed E-state index contributed by atoms with van der Waals surface area (Å²) in [4.78, 5) is 4.44. The van der Waals surface area contributed by atoms with Gasteiger partial charge in [0.05, 0.1) is 7.11 Å². The molecule has 1 aromatic heterocycles. The van der Waals surface area contributed by atoms with Gasteiger partial charge in [-0.2, -0.15) is 4.98 Å². The Labute approximate surface area is 162 Å². The molecular formula is C21H22FN3O3. The molecular weight excluding hydrogens is 361 g/mol. The van der Waals surface area contributed by atoms with E-state index in [1.54, 1.807) is 7.11 Å². The fraction of sp³-hybridized carbons (Fsp3) is 0.333. The Hall–Kier alpha value is -2.93. The highest BCUT2D eigenvalue weighted by molar-refractivity contribution is 5.58. The van der Waals surface area contributed by atoms with Crippen molar-refractivity contribution in [3.05, 3.63) is 59.9 Å². The lowest BCUT2D eigenvalue weighted by Gasteiger charge is -2.37. The molecule has 4 rings (SSSR count). The normalized spacial score (nSPS) is 15.9. The third-order valence-electron chi connectivity index (χ3n) is 5.24. The van der Waals surface area contributed by atoms with Crippen LogP contribution in [0.1, 0.15) is 18.4 Å². The maximum atomic E-state index is 13.4. The summed E-state index contributed by atoms with van der Waals surface area (Å²) in [5.74, 6) is 0.984. The quantitative estimate of drug-likeness (QED) is 0.693. The zero-order valence-corrected chi connectivity index (χ0v) is 15.7. The number of hydrogen-bond donors (Lipinski definition) is 1. The molecule has 0 unspecified atom stereocenters. The molecule has 6 nitrogen and oxygen atoms in total. The number of nitrogens with one attached hydrogen (secondary N) is 1. The molecule has 0 radical (unpaired) electrons. The van der Waals surface area contributed by atoms with Crippen LogP contribution in [0.15, 0.2) is 53.1 Å². The molecule has 28 heavy (non-hydrogen) atoms. The molecule has 0 atom stereocenters. The minimum Gasteiger partial charge on any atom is -0.497 e. The third kappa shape index (κ3) is 3.84. The average Bonchev–Trinajstić information content (AvgIpc) is 3.23. The highest BCUT2D eigenvalue weighted by atomic mass is 19.1. The van der Waals surface area contributed by atoms with Crippen LogP contribution in [0.5, 0.6) is 5.75 Å². The summed E-state index contributed by atoms with van der Waals surface area (Å²) in [6, 6.07) is 14.5. The Morgan fingerprint density at radius 3 is 2.68 bits per heavy atom. The van der Waals surface area contributed by atoms with Crippen LogP contribution < -0.4 is 10.1 Å². The van der Waals surface area contributed by atoms with Crippen molar-refractivity contribution in [3.63, 3.8) is 0 Å². The summed E-state index contributed by atoms with van der Waals surface area (Å²) in [7, 11) is 1.62. The molecule has 0 aliphatic carbocycles. The molecule has 0 saturated carbocycles. The summed E-state index contributed by atoms with van der Waals surface area (Å²) in [5.41, 5.74) is 1.73. The van der Waals surface area contributed by atoms with Crippen molar-refractivity contribution in [2.45, 2.75) is 18.3 Å². The van der Waals surface area contributed by atoms with Crippen molar-refractivity contribution in [2.24, 2.45) is 0 Å². The van der Waals surface area contributed by atoms with Gasteiger partial charge in [0, 0.05) is 30.7 Å². The molecule has 0 bridgehead atoms. The van der Waals surface area contributed by atoms with E-state index in [2.05, 4.69) is 15.5 Å². The van der Waals surface area contributed by atoms with E-state index in [1.807, 2.05) is 36.4 Å². The fourth-order valence-corrected chi connectivity index (χ4v) is 3.55. The SMILES string of the molecule is COc1cccc(-c2noc(NCC3(c4ccc(F)cc4)CCOCC3)n2)c1. The first-order chi connectivity index (χ1) is 13.7. The Morgan fingerprint density at radius 2 is 1.93 bits per heavy atom. The van der Waals surface area contributed by atoms with Crippen LogP contribution in [0.4, 0.5) is 10.4 Å². The van der Waals surface area contributed by atoms with Gasteiger partial charge in [-0.1, -0.05) is 29.4 Å². The average molecular weight is 383 g/mol. The molecule has 3 aromatic rings. The van der Waals surface area contributed by atoms with E-state index >= 15 is 0 Å². The minimum absolute atomic E-state index is 0.170. The molecule has 0 amide bonds. The number of rotatable bonds is 6. The van der Waals surface area contributed by atoms with Gasteiger partial charge in [0.2, 0.25) is 5.82 Å². The molecule has 1 N–H and O–H groups in total. The summed E-state index contributed by atoms with van der Waals surface area (Å²) in [6.07, 6.45) is 1.67. The highest BCUT2D eigenvalue weighted by Crippen LogP contribution is 2.35.